The van der Waals surface area contributed by atoms with E-state index in [1.165, 1.54) is 257 Å². The van der Waals surface area contributed by atoms with Gasteiger partial charge in [0.05, 0.1) is 0 Å². The second kappa shape index (κ2) is 42.0. The summed E-state index contributed by atoms with van der Waals surface area (Å²) < 4.78 is 0. The number of hydrogen-bond acceptors (Lipinski definition) is 1. The lowest BCUT2D eigenvalue weighted by Gasteiger charge is -2.05. The molecule has 0 spiro atoms. The van der Waals surface area contributed by atoms with Crippen LogP contribution < -0.4 is 5.73 Å². The average molecular weight is 634 g/mol. The molecule has 0 heterocycles. The van der Waals surface area contributed by atoms with Crippen LogP contribution in [0.5, 0.6) is 0 Å². The van der Waals surface area contributed by atoms with Crippen molar-refractivity contribution in [2.24, 2.45) is 11.7 Å². The summed E-state index contributed by atoms with van der Waals surface area (Å²) in [5.74, 6) is 0.895. The van der Waals surface area contributed by atoms with Crippen LogP contribution in [0.25, 0.3) is 0 Å². The molecule has 0 fully saturated rings. The van der Waals surface area contributed by atoms with Crippen LogP contribution in [0.2, 0.25) is 0 Å². The molecule has 0 amide bonds. The highest BCUT2D eigenvalue weighted by Gasteiger charge is 1.98. The van der Waals surface area contributed by atoms with Crippen molar-refractivity contribution in [2.45, 2.75) is 271 Å². The second-order valence-electron chi connectivity index (χ2n) is 15.8. The molecule has 0 radical (unpaired) electrons. The van der Waals surface area contributed by atoms with E-state index in [9.17, 15) is 0 Å². The van der Waals surface area contributed by atoms with E-state index in [0.717, 1.165) is 12.5 Å². The lowest BCUT2D eigenvalue weighted by atomic mass is 10.0. The van der Waals surface area contributed by atoms with Gasteiger partial charge in [-0.05, 0) is 18.9 Å². The minimum atomic E-state index is 0.875. The van der Waals surface area contributed by atoms with Gasteiger partial charge in [0.25, 0.3) is 0 Å². The Hall–Kier alpha value is -0.0400. The standard InChI is InChI=1S/C44H91N/c1-44(2)42-40-38-36-34-32-30-28-26-24-22-20-18-16-14-12-10-8-6-4-3-5-7-9-11-13-15-17-19-21-23-25-27-29-31-33-35-37-39-41-43-45/h44H,3-43,45H2,1-2H3. The van der Waals surface area contributed by atoms with E-state index in [-0.39, 0.29) is 0 Å². The van der Waals surface area contributed by atoms with Gasteiger partial charge in [-0.3, -0.25) is 0 Å². The largest absolute Gasteiger partial charge is 0.330 e. The Balaban J connectivity index is 3.04. The number of unbranched alkanes of at least 4 members (excludes halogenated alkanes) is 38. The summed E-state index contributed by atoms with van der Waals surface area (Å²) in [6.07, 6.45) is 58.8. The number of hydrogen-bond donors (Lipinski definition) is 1. The Morgan fingerprint density at radius 1 is 0.222 bits per heavy atom. The number of nitrogens with two attached hydrogens (primary N) is 1. The van der Waals surface area contributed by atoms with Crippen LogP contribution in [0.4, 0.5) is 0 Å². The van der Waals surface area contributed by atoms with Gasteiger partial charge in [0.1, 0.15) is 0 Å². The predicted molar refractivity (Wildman–Crippen MR) is 209 cm³/mol. The van der Waals surface area contributed by atoms with Crippen molar-refractivity contribution in [3.8, 4) is 0 Å². The summed E-state index contributed by atoms with van der Waals surface area (Å²) >= 11 is 0. The molecule has 0 rings (SSSR count). The average Bonchev–Trinajstić information content (AvgIpc) is 3.03. The Bertz CT molecular complexity index is 485. The molecule has 0 aliphatic rings. The summed E-state index contributed by atoms with van der Waals surface area (Å²) in [5.41, 5.74) is 5.56. The Kier molecular flexibility index (Phi) is 41.9. The van der Waals surface area contributed by atoms with Crippen molar-refractivity contribution in [3.63, 3.8) is 0 Å². The van der Waals surface area contributed by atoms with Crippen LogP contribution in [0.1, 0.15) is 271 Å². The fourth-order valence-corrected chi connectivity index (χ4v) is 7.24. The third kappa shape index (κ3) is 44.0. The van der Waals surface area contributed by atoms with Crippen LogP contribution in [0.15, 0.2) is 0 Å². The maximum absolute atomic E-state index is 5.56. The fraction of sp³-hybridized carbons (Fsp3) is 1.00. The molecule has 0 saturated heterocycles. The Morgan fingerprint density at radius 2 is 0.356 bits per heavy atom. The molecular formula is C44H91N. The van der Waals surface area contributed by atoms with Gasteiger partial charge in [0, 0.05) is 0 Å². The first-order valence-electron chi connectivity index (χ1n) is 22.0. The zero-order valence-electron chi connectivity index (χ0n) is 32.1. The molecule has 0 bridgehead atoms. The normalized spacial score (nSPS) is 11.7. The molecule has 0 aromatic heterocycles. The molecule has 2 N–H and O–H groups in total. The van der Waals surface area contributed by atoms with Crippen molar-refractivity contribution >= 4 is 0 Å². The van der Waals surface area contributed by atoms with Crippen LogP contribution in [-0.2, 0) is 0 Å². The first-order chi connectivity index (χ1) is 22.3. The van der Waals surface area contributed by atoms with Gasteiger partial charge in [-0.15, -0.1) is 0 Å². The molecule has 272 valence electrons. The van der Waals surface area contributed by atoms with Crippen molar-refractivity contribution in [1.29, 1.82) is 0 Å². The van der Waals surface area contributed by atoms with Crippen molar-refractivity contribution in [3.05, 3.63) is 0 Å². The molecule has 0 atom stereocenters. The first-order valence-corrected chi connectivity index (χ1v) is 22.0. The van der Waals surface area contributed by atoms with Gasteiger partial charge >= 0.3 is 0 Å². The Morgan fingerprint density at radius 3 is 0.489 bits per heavy atom. The quantitative estimate of drug-likeness (QED) is 0.0666. The van der Waals surface area contributed by atoms with Crippen LogP contribution >= 0.6 is 0 Å². The molecule has 1 nitrogen and oxygen atoms in total. The molecule has 0 saturated carbocycles. The molecule has 0 unspecified atom stereocenters. The zero-order valence-corrected chi connectivity index (χ0v) is 32.1. The van der Waals surface area contributed by atoms with E-state index in [0.29, 0.717) is 0 Å². The van der Waals surface area contributed by atoms with Gasteiger partial charge in [0.15, 0.2) is 0 Å². The SMILES string of the molecule is CC(C)CCCCCCCCCCCCCCCCCCCCCCCCCCCCCCCCCCCCCCCCCN. The van der Waals surface area contributed by atoms with Gasteiger partial charge in [-0.25, -0.2) is 0 Å². The third-order valence-electron chi connectivity index (χ3n) is 10.5. The smallest absolute Gasteiger partial charge is 0.00773 e. The van der Waals surface area contributed by atoms with Crippen LogP contribution in [0, 0.1) is 5.92 Å². The molecule has 0 aliphatic carbocycles. The van der Waals surface area contributed by atoms with E-state index in [1.807, 2.05) is 0 Å². The Labute approximate surface area is 288 Å². The van der Waals surface area contributed by atoms with E-state index in [4.69, 9.17) is 5.73 Å². The summed E-state index contributed by atoms with van der Waals surface area (Å²) in [6, 6.07) is 0. The predicted octanol–water partition coefficient (Wildman–Crippen LogP) is 16.2. The van der Waals surface area contributed by atoms with E-state index >= 15 is 0 Å². The van der Waals surface area contributed by atoms with E-state index in [1.54, 1.807) is 0 Å². The fourth-order valence-electron chi connectivity index (χ4n) is 7.24. The molecular weight excluding hydrogens is 542 g/mol. The van der Waals surface area contributed by atoms with Crippen LogP contribution in [0.3, 0.4) is 0 Å². The van der Waals surface area contributed by atoms with Crippen molar-refractivity contribution in [2.75, 3.05) is 6.54 Å². The van der Waals surface area contributed by atoms with Gasteiger partial charge in [-0.1, -0.05) is 264 Å². The number of rotatable bonds is 41. The minimum Gasteiger partial charge on any atom is -0.330 e. The summed E-state index contributed by atoms with van der Waals surface area (Å²) in [6.45, 7) is 5.58. The topological polar surface area (TPSA) is 26.0 Å². The van der Waals surface area contributed by atoms with Gasteiger partial charge < -0.3 is 5.73 Å². The molecule has 0 aromatic carbocycles. The second-order valence-corrected chi connectivity index (χ2v) is 15.8. The van der Waals surface area contributed by atoms with E-state index < -0.39 is 0 Å². The maximum Gasteiger partial charge on any atom is -0.00773 e. The minimum absolute atomic E-state index is 0.875. The summed E-state index contributed by atoms with van der Waals surface area (Å²) in [4.78, 5) is 0. The lowest BCUT2D eigenvalue weighted by molar-refractivity contribution is 0.500. The van der Waals surface area contributed by atoms with Gasteiger partial charge in [-0.2, -0.15) is 0 Å². The highest BCUT2D eigenvalue weighted by Crippen LogP contribution is 2.18. The van der Waals surface area contributed by atoms with Crippen molar-refractivity contribution < 1.29 is 0 Å². The monoisotopic (exact) mass is 634 g/mol. The molecule has 0 aliphatic heterocycles. The van der Waals surface area contributed by atoms with Crippen LogP contribution in [-0.4, -0.2) is 6.54 Å². The third-order valence-corrected chi connectivity index (χ3v) is 10.5. The molecule has 1 heteroatoms. The highest BCUT2D eigenvalue weighted by atomic mass is 14.5. The lowest BCUT2D eigenvalue weighted by Crippen LogP contribution is -1.97. The van der Waals surface area contributed by atoms with Gasteiger partial charge in [0.2, 0.25) is 0 Å². The summed E-state index contributed by atoms with van der Waals surface area (Å²) in [7, 11) is 0. The maximum atomic E-state index is 5.56. The molecule has 0 aromatic rings. The van der Waals surface area contributed by atoms with Crippen molar-refractivity contribution in [1.82, 2.24) is 0 Å². The first kappa shape index (κ1) is 45.0. The zero-order chi connectivity index (χ0) is 32.6. The molecule has 45 heavy (non-hydrogen) atoms. The van der Waals surface area contributed by atoms with E-state index in [2.05, 4.69) is 13.8 Å². The summed E-state index contributed by atoms with van der Waals surface area (Å²) in [5, 5.41) is 0. The highest BCUT2D eigenvalue weighted by molar-refractivity contribution is 4.54.